The maximum atomic E-state index is 9.35. The fraction of sp³-hybridized carbons (Fsp3) is 0.0556. The number of pyridine rings is 1. The Balaban J connectivity index is 1.94. The SMILES string of the molecule is N#Cc1ccc[n+](C/C(=N\O)c2ccc3ccccc3c2)c1. The van der Waals surface area contributed by atoms with Crippen LogP contribution < -0.4 is 4.57 Å². The minimum atomic E-state index is 0.393. The lowest BCUT2D eigenvalue weighted by Crippen LogP contribution is -2.37. The highest BCUT2D eigenvalue weighted by Crippen LogP contribution is 2.16. The smallest absolute Gasteiger partial charge is 0.194 e. The molecule has 3 aromatic rings. The minimum Gasteiger partial charge on any atom is -0.410 e. The first-order valence-electron chi connectivity index (χ1n) is 6.89. The van der Waals surface area contributed by atoms with E-state index in [0.717, 1.165) is 16.3 Å². The summed E-state index contributed by atoms with van der Waals surface area (Å²) in [6.45, 7) is 0.393. The number of rotatable bonds is 3. The number of oxime groups is 1. The molecule has 0 aliphatic carbocycles. The number of nitriles is 1. The van der Waals surface area contributed by atoms with Crippen LogP contribution in [0.15, 0.2) is 72.1 Å². The lowest BCUT2D eigenvalue weighted by Gasteiger charge is -2.04. The molecule has 0 atom stereocenters. The van der Waals surface area contributed by atoms with Gasteiger partial charge >= 0.3 is 0 Å². The van der Waals surface area contributed by atoms with Crippen molar-refractivity contribution in [1.29, 1.82) is 5.26 Å². The van der Waals surface area contributed by atoms with Crippen LogP contribution in [0.5, 0.6) is 0 Å². The van der Waals surface area contributed by atoms with Crippen molar-refractivity contribution in [1.82, 2.24) is 0 Å². The van der Waals surface area contributed by atoms with Gasteiger partial charge in [-0.05, 0) is 22.9 Å². The van der Waals surface area contributed by atoms with Gasteiger partial charge in [-0.2, -0.15) is 9.83 Å². The third-order valence-electron chi connectivity index (χ3n) is 3.52. The summed E-state index contributed by atoms with van der Waals surface area (Å²) in [5.74, 6) is 0. The quantitative estimate of drug-likeness (QED) is 0.349. The van der Waals surface area contributed by atoms with E-state index in [1.165, 1.54) is 0 Å². The van der Waals surface area contributed by atoms with Crippen LogP contribution in [0.1, 0.15) is 11.1 Å². The van der Waals surface area contributed by atoms with Crippen LogP contribution in [0.25, 0.3) is 10.8 Å². The third kappa shape index (κ3) is 2.79. The van der Waals surface area contributed by atoms with Crippen LogP contribution >= 0.6 is 0 Å². The number of fused-ring (bicyclic) bond motifs is 1. The first-order chi connectivity index (χ1) is 10.8. The zero-order valence-electron chi connectivity index (χ0n) is 11.8. The molecule has 0 saturated heterocycles. The minimum absolute atomic E-state index is 0.393. The molecule has 0 saturated carbocycles. The Morgan fingerprint density at radius 2 is 1.91 bits per heavy atom. The Morgan fingerprint density at radius 3 is 2.68 bits per heavy atom. The summed E-state index contributed by atoms with van der Waals surface area (Å²) in [5, 5.41) is 24.0. The second-order valence-electron chi connectivity index (χ2n) is 4.99. The maximum Gasteiger partial charge on any atom is 0.194 e. The molecule has 4 heteroatoms. The van der Waals surface area contributed by atoms with Gasteiger partial charge in [0.2, 0.25) is 0 Å². The molecular formula is C18H14N3O+. The summed E-state index contributed by atoms with van der Waals surface area (Å²) in [7, 11) is 0. The molecule has 0 spiro atoms. The molecule has 0 fully saturated rings. The Labute approximate surface area is 128 Å². The van der Waals surface area contributed by atoms with E-state index in [0.29, 0.717) is 17.8 Å². The summed E-state index contributed by atoms with van der Waals surface area (Å²) in [4.78, 5) is 0. The maximum absolute atomic E-state index is 9.35. The predicted molar refractivity (Wildman–Crippen MR) is 83.6 cm³/mol. The van der Waals surface area contributed by atoms with E-state index in [-0.39, 0.29) is 0 Å². The monoisotopic (exact) mass is 288 g/mol. The molecule has 3 rings (SSSR count). The zero-order valence-corrected chi connectivity index (χ0v) is 11.8. The van der Waals surface area contributed by atoms with Crippen LogP contribution in [-0.2, 0) is 6.54 Å². The average Bonchev–Trinajstić information content (AvgIpc) is 2.59. The Morgan fingerprint density at radius 1 is 1.09 bits per heavy atom. The van der Waals surface area contributed by atoms with Crippen molar-refractivity contribution in [2.24, 2.45) is 5.16 Å². The molecule has 2 aromatic carbocycles. The number of benzene rings is 2. The van der Waals surface area contributed by atoms with Crippen LogP contribution in [0.4, 0.5) is 0 Å². The second-order valence-corrected chi connectivity index (χ2v) is 4.99. The summed E-state index contributed by atoms with van der Waals surface area (Å²) in [5.41, 5.74) is 1.97. The normalized spacial score (nSPS) is 11.3. The van der Waals surface area contributed by atoms with Crippen molar-refractivity contribution in [3.05, 3.63) is 78.1 Å². The third-order valence-corrected chi connectivity index (χ3v) is 3.52. The highest BCUT2D eigenvalue weighted by atomic mass is 16.4. The van der Waals surface area contributed by atoms with E-state index < -0.39 is 0 Å². The van der Waals surface area contributed by atoms with Crippen LogP contribution in [0.2, 0.25) is 0 Å². The van der Waals surface area contributed by atoms with E-state index in [4.69, 9.17) is 5.26 Å². The van der Waals surface area contributed by atoms with Crippen molar-refractivity contribution in [2.45, 2.75) is 6.54 Å². The molecule has 22 heavy (non-hydrogen) atoms. The van der Waals surface area contributed by atoms with Crippen molar-refractivity contribution >= 4 is 16.5 Å². The average molecular weight is 288 g/mol. The van der Waals surface area contributed by atoms with E-state index in [9.17, 15) is 5.21 Å². The Kier molecular flexibility index (Phi) is 3.80. The first-order valence-corrected chi connectivity index (χ1v) is 6.89. The lowest BCUT2D eigenvalue weighted by atomic mass is 10.0. The summed E-state index contributed by atoms with van der Waals surface area (Å²) >= 11 is 0. The van der Waals surface area contributed by atoms with Crippen molar-refractivity contribution in [2.75, 3.05) is 0 Å². The summed E-state index contributed by atoms with van der Waals surface area (Å²) < 4.78 is 1.82. The molecular weight excluding hydrogens is 274 g/mol. The number of hydrogen-bond donors (Lipinski definition) is 1. The molecule has 1 N–H and O–H groups in total. The summed E-state index contributed by atoms with van der Waals surface area (Å²) in [6, 6.07) is 19.6. The van der Waals surface area contributed by atoms with E-state index in [1.807, 2.05) is 53.2 Å². The van der Waals surface area contributed by atoms with Gasteiger partial charge in [-0.15, -0.1) is 0 Å². The Bertz CT molecular complexity index is 894. The molecule has 0 amide bonds. The molecule has 1 heterocycles. The topological polar surface area (TPSA) is 60.3 Å². The fourth-order valence-electron chi connectivity index (χ4n) is 2.41. The standard InChI is InChI=1S/C18H13N3O/c19-11-14-4-3-9-21(12-14)13-18(20-22)17-8-7-15-5-1-2-6-16(15)10-17/h1-10,12H,13H2/p+1/b20-18+. The summed E-state index contributed by atoms with van der Waals surface area (Å²) in [6.07, 6.45) is 3.57. The van der Waals surface area contributed by atoms with Crippen LogP contribution in [-0.4, -0.2) is 10.9 Å². The molecule has 0 radical (unpaired) electrons. The van der Waals surface area contributed by atoms with Gasteiger partial charge in [0.15, 0.2) is 24.7 Å². The molecule has 0 bridgehead atoms. The van der Waals surface area contributed by atoms with Crippen LogP contribution in [0.3, 0.4) is 0 Å². The van der Waals surface area contributed by atoms with Gasteiger partial charge in [-0.3, -0.25) is 0 Å². The van der Waals surface area contributed by atoms with Crippen molar-refractivity contribution in [3.63, 3.8) is 0 Å². The lowest BCUT2D eigenvalue weighted by molar-refractivity contribution is -0.682. The van der Waals surface area contributed by atoms with Crippen molar-refractivity contribution in [3.8, 4) is 6.07 Å². The zero-order chi connectivity index (χ0) is 15.4. The Hall–Kier alpha value is -3.19. The molecule has 0 unspecified atom stereocenters. The number of aromatic nitrogens is 1. The van der Waals surface area contributed by atoms with Gasteiger partial charge < -0.3 is 5.21 Å². The largest absolute Gasteiger partial charge is 0.410 e. The molecule has 4 nitrogen and oxygen atoms in total. The predicted octanol–water partition coefficient (Wildman–Crippen LogP) is 2.88. The number of hydrogen-bond acceptors (Lipinski definition) is 3. The van der Waals surface area contributed by atoms with E-state index in [1.54, 1.807) is 18.3 Å². The van der Waals surface area contributed by atoms with Gasteiger partial charge in [0, 0.05) is 11.6 Å². The molecule has 1 aromatic heterocycles. The molecule has 0 aliphatic heterocycles. The molecule has 106 valence electrons. The van der Waals surface area contributed by atoms with Gasteiger partial charge in [0.25, 0.3) is 0 Å². The molecule has 0 aliphatic rings. The van der Waals surface area contributed by atoms with Gasteiger partial charge in [0.05, 0.1) is 0 Å². The second kappa shape index (κ2) is 6.06. The van der Waals surface area contributed by atoms with Crippen molar-refractivity contribution < 1.29 is 9.77 Å². The van der Waals surface area contributed by atoms with Crippen LogP contribution in [0, 0.1) is 11.3 Å². The highest BCUT2D eigenvalue weighted by molar-refractivity contribution is 6.02. The first kappa shape index (κ1) is 13.8. The van der Waals surface area contributed by atoms with Gasteiger partial charge in [-0.1, -0.05) is 41.6 Å². The van der Waals surface area contributed by atoms with E-state index >= 15 is 0 Å². The van der Waals surface area contributed by atoms with Gasteiger partial charge in [0.1, 0.15) is 11.6 Å². The highest BCUT2D eigenvalue weighted by Gasteiger charge is 2.12. The van der Waals surface area contributed by atoms with Gasteiger partial charge in [-0.25, -0.2) is 0 Å². The van der Waals surface area contributed by atoms with E-state index in [2.05, 4.69) is 11.2 Å². The fourth-order valence-corrected chi connectivity index (χ4v) is 2.41. The number of nitrogens with zero attached hydrogens (tertiary/aromatic N) is 3.